The van der Waals surface area contributed by atoms with E-state index in [9.17, 15) is 19.2 Å². The zero-order valence-corrected chi connectivity index (χ0v) is 12.8. The summed E-state index contributed by atoms with van der Waals surface area (Å²) in [5, 5.41) is 33.9. The molecule has 0 radical (unpaired) electrons. The van der Waals surface area contributed by atoms with E-state index in [1.165, 1.54) is 18.2 Å². The topological polar surface area (TPSA) is 175 Å². The van der Waals surface area contributed by atoms with Gasteiger partial charge >= 0.3 is 23.9 Å². The van der Waals surface area contributed by atoms with Crippen LogP contribution in [-0.2, 0) is 0 Å². The summed E-state index contributed by atoms with van der Waals surface area (Å²) in [6.07, 6.45) is 0. The van der Waals surface area contributed by atoms with Crippen molar-refractivity contribution < 1.29 is 39.6 Å². The quantitative estimate of drug-likeness (QED) is 0.620. The van der Waals surface area contributed by atoms with Gasteiger partial charge in [0.15, 0.2) is 11.4 Å². The first-order chi connectivity index (χ1) is 11.6. The van der Waals surface area contributed by atoms with Gasteiger partial charge < -0.3 is 20.4 Å². The lowest BCUT2D eigenvalue weighted by Crippen LogP contribution is -2.07. The molecule has 0 fully saturated rings. The zero-order valence-electron chi connectivity index (χ0n) is 12.1. The van der Waals surface area contributed by atoms with Crippen molar-refractivity contribution in [1.29, 1.82) is 0 Å². The van der Waals surface area contributed by atoms with Gasteiger partial charge in [0, 0.05) is 5.02 Å². The number of carboxylic acids is 4. The predicted molar refractivity (Wildman–Crippen MR) is 81.3 cm³/mol. The fourth-order valence-electron chi connectivity index (χ4n) is 1.39. The van der Waals surface area contributed by atoms with Crippen LogP contribution in [0.1, 0.15) is 42.0 Å². The second-order valence-corrected chi connectivity index (χ2v) is 4.62. The fraction of sp³-hybridized carbons (Fsp3) is 0. The third-order valence-corrected chi connectivity index (χ3v) is 2.63. The molecule has 10 nitrogen and oxygen atoms in total. The van der Waals surface area contributed by atoms with E-state index in [1.807, 2.05) is 0 Å². The van der Waals surface area contributed by atoms with Crippen LogP contribution in [0.3, 0.4) is 0 Å². The van der Waals surface area contributed by atoms with E-state index in [1.54, 1.807) is 0 Å². The molecule has 0 spiro atoms. The summed E-state index contributed by atoms with van der Waals surface area (Å²) in [5.74, 6) is -5.11. The molecular formula is C14H9ClN2O8. The van der Waals surface area contributed by atoms with E-state index in [0.717, 1.165) is 12.1 Å². The van der Waals surface area contributed by atoms with E-state index in [0.29, 0.717) is 0 Å². The Kier molecular flexibility index (Phi) is 6.52. The lowest BCUT2D eigenvalue weighted by atomic mass is 10.3. The van der Waals surface area contributed by atoms with Crippen molar-refractivity contribution in [2.24, 2.45) is 0 Å². The SMILES string of the molecule is O=C(O)c1cc(Cl)cc(C(=O)O)n1.O=C(O)c1cccc(C(=O)O)n1. The van der Waals surface area contributed by atoms with Crippen LogP contribution in [0.5, 0.6) is 0 Å². The monoisotopic (exact) mass is 368 g/mol. The van der Waals surface area contributed by atoms with Crippen LogP contribution in [0.2, 0.25) is 5.02 Å². The van der Waals surface area contributed by atoms with Crippen LogP contribution in [0, 0.1) is 0 Å². The molecule has 0 aliphatic heterocycles. The van der Waals surface area contributed by atoms with Gasteiger partial charge in [0.1, 0.15) is 11.4 Å². The molecule has 0 atom stereocenters. The lowest BCUT2D eigenvalue weighted by molar-refractivity contribution is 0.0664. The molecule has 0 aliphatic rings. The summed E-state index contributed by atoms with van der Waals surface area (Å²) < 4.78 is 0. The van der Waals surface area contributed by atoms with Gasteiger partial charge in [0.25, 0.3) is 0 Å². The van der Waals surface area contributed by atoms with Crippen LogP contribution >= 0.6 is 11.6 Å². The molecular weight excluding hydrogens is 360 g/mol. The first-order valence-corrected chi connectivity index (χ1v) is 6.57. The summed E-state index contributed by atoms with van der Waals surface area (Å²) >= 11 is 5.47. The van der Waals surface area contributed by atoms with Gasteiger partial charge in [0.05, 0.1) is 0 Å². The molecule has 25 heavy (non-hydrogen) atoms. The summed E-state index contributed by atoms with van der Waals surface area (Å²) in [6.45, 7) is 0. The summed E-state index contributed by atoms with van der Waals surface area (Å²) in [6, 6.07) is 5.95. The van der Waals surface area contributed by atoms with E-state index < -0.39 is 23.9 Å². The Balaban J connectivity index is 0.000000251. The minimum absolute atomic E-state index is 0.0322. The van der Waals surface area contributed by atoms with Gasteiger partial charge in [0.2, 0.25) is 0 Å². The molecule has 0 saturated carbocycles. The van der Waals surface area contributed by atoms with Crippen molar-refractivity contribution in [2.75, 3.05) is 0 Å². The molecule has 0 amide bonds. The Bertz CT molecular complexity index is 791. The molecule has 130 valence electrons. The number of hydrogen-bond donors (Lipinski definition) is 4. The molecule has 0 saturated heterocycles. The van der Waals surface area contributed by atoms with E-state index in [4.69, 9.17) is 32.0 Å². The predicted octanol–water partition coefficient (Wildman–Crippen LogP) is 1.61. The van der Waals surface area contributed by atoms with Crippen molar-refractivity contribution in [2.45, 2.75) is 0 Å². The van der Waals surface area contributed by atoms with Crippen LogP contribution in [-0.4, -0.2) is 54.3 Å². The average molecular weight is 369 g/mol. The summed E-state index contributed by atoms with van der Waals surface area (Å²) in [5.41, 5.74) is -1.31. The summed E-state index contributed by atoms with van der Waals surface area (Å²) in [7, 11) is 0. The third kappa shape index (κ3) is 5.88. The van der Waals surface area contributed by atoms with Crippen LogP contribution in [0.4, 0.5) is 0 Å². The number of rotatable bonds is 4. The molecule has 2 rings (SSSR count). The maximum absolute atomic E-state index is 10.4. The summed E-state index contributed by atoms with van der Waals surface area (Å²) in [4.78, 5) is 48.2. The Morgan fingerprint density at radius 1 is 0.680 bits per heavy atom. The molecule has 2 aromatic rings. The Hall–Kier alpha value is -3.53. The zero-order chi connectivity index (χ0) is 19.1. The maximum Gasteiger partial charge on any atom is 0.354 e. The molecule has 2 heterocycles. The number of hydrogen-bond acceptors (Lipinski definition) is 6. The van der Waals surface area contributed by atoms with Crippen LogP contribution in [0.15, 0.2) is 30.3 Å². The standard InChI is InChI=1S/C7H4ClNO4.C7H5NO4/c8-3-1-4(6(10)11)9-5(2-3)7(12)13;9-6(10)4-2-1-3-5(8-4)7(11)12/h1-2H,(H,10,11)(H,12,13);1-3H,(H,9,10)(H,11,12). The number of carboxylic acid groups (broad SMARTS) is 4. The second-order valence-electron chi connectivity index (χ2n) is 4.18. The lowest BCUT2D eigenvalue weighted by Gasteiger charge is -1.97. The van der Waals surface area contributed by atoms with E-state index >= 15 is 0 Å². The number of aromatic nitrogens is 2. The van der Waals surface area contributed by atoms with E-state index in [-0.39, 0.29) is 27.8 Å². The first kappa shape index (κ1) is 19.5. The third-order valence-electron chi connectivity index (χ3n) is 2.42. The number of halogens is 1. The normalized spacial score (nSPS) is 9.48. The molecule has 0 aliphatic carbocycles. The Labute approximate surface area is 144 Å². The molecule has 0 unspecified atom stereocenters. The van der Waals surface area contributed by atoms with Crippen LogP contribution in [0.25, 0.3) is 0 Å². The number of aromatic carboxylic acids is 4. The molecule has 0 bridgehead atoms. The van der Waals surface area contributed by atoms with Gasteiger partial charge in [-0.25, -0.2) is 29.1 Å². The van der Waals surface area contributed by atoms with E-state index in [2.05, 4.69) is 9.97 Å². The van der Waals surface area contributed by atoms with Crippen LogP contribution < -0.4 is 0 Å². The Morgan fingerprint density at radius 2 is 1.00 bits per heavy atom. The van der Waals surface area contributed by atoms with Gasteiger partial charge in [-0.1, -0.05) is 17.7 Å². The number of pyridine rings is 2. The van der Waals surface area contributed by atoms with Crippen molar-refractivity contribution in [3.63, 3.8) is 0 Å². The highest BCUT2D eigenvalue weighted by Crippen LogP contribution is 2.11. The minimum atomic E-state index is -1.31. The molecule has 11 heteroatoms. The number of nitrogens with zero attached hydrogens (tertiary/aromatic N) is 2. The fourth-order valence-corrected chi connectivity index (χ4v) is 1.60. The van der Waals surface area contributed by atoms with Gasteiger partial charge in [-0.05, 0) is 24.3 Å². The highest BCUT2D eigenvalue weighted by atomic mass is 35.5. The van der Waals surface area contributed by atoms with Crippen molar-refractivity contribution in [1.82, 2.24) is 9.97 Å². The van der Waals surface area contributed by atoms with Crippen molar-refractivity contribution in [3.05, 3.63) is 58.1 Å². The van der Waals surface area contributed by atoms with Gasteiger partial charge in [-0.2, -0.15) is 0 Å². The molecule has 4 N–H and O–H groups in total. The van der Waals surface area contributed by atoms with Gasteiger partial charge in [-0.3, -0.25) is 0 Å². The molecule has 0 aromatic carbocycles. The maximum atomic E-state index is 10.4. The number of carbonyl (C=O) groups is 4. The van der Waals surface area contributed by atoms with Crippen molar-refractivity contribution in [3.8, 4) is 0 Å². The average Bonchev–Trinajstić information content (AvgIpc) is 2.54. The first-order valence-electron chi connectivity index (χ1n) is 6.19. The highest BCUT2D eigenvalue weighted by molar-refractivity contribution is 6.31. The minimum Gasteiger partial charge on any atom is -0.477 e. The largest absolute Gasteiger partial charge is 0.477 e. The highest BCUT2D eigenvalue weighted by Gasteiger charge is 2.12. The molecule has 2 aromatic heterocycles. The second kappa shape index (κ2) is 8.36. The Morgan fingerprint density at radius 3 is 1.32 bits per heavy atom. The van der Waals surface area contributed by atoms with Gasteiger partial charge in [-0.15, -0.1) is 0 Å². The smallest absolute Gasteiger partial charge is 0.354 e. The van der Waals surface area contributed by atoms with Crippen molar-refractivity contribution >= 4 is 35.5 Å².